The van der Waals surface area contributed by atoms with Crippen molar-refractivity contribution in [2.75, 3.05) is 36.5 Å². The van der Waals surface area contributed by atoms with Crippen molar-refractivity contribution in [1.29, 1.82) is 0 Å². The molecule has 1 amide bonds. The second kappa shape index (κ2) is 5.88. The minimum absolute atomic E-state index is 0.00949. The summed E-state index contributed by atoms with van der Waals surface area (Å²) in [6, 6.07) is 4.61. The van der Waals surface area contributed by atoms with Gasteiger partial charge < -0.3 is 15.0 Å². The molecule has 1 saturated heterocycles. The Labute approximate surface area is 120 Å². The Kier molecular flexibility index (Phi) is 3.78. The number of nitrogens with one attached hydrogen (secondary N) is 2. The maximum atomic E-state index is 12.8. The predicted molar refractivity (Wildman–Crippen MR) is 73.8 cm³/mol. The third kappa shape index (κ3) is 3.16. The number of H-pyrrole nitrogens is 1. The lowest BCUT2D eigenvalue weighted by Gasteiger charge is -2.27. The number of carbonyl (C=O) groups is 1. The highest BCUT2D eigenvalue weighted by Crippen LogP contribution is 2.16. The van der Waals surface area contributed by atoms with Crippen LogP contribution in [0.4, 0.5) is 15.9 Å². The fraction of sp³-hybridized carbons (Fsp3) is 0.308. The van der Waals surface area contributed by atoms with Crippen molar-refractivity contribution < 1.29 is 13.9 Å². The number of carbonyl (C=O) groups excluding carboxylic acids is 1. The van der Waals surface area contributed by atoms with Gasteiger partial charge in [-0.25, -0.2) is 4.98 Å². The molecule has 0 aromatic carbocycles. The minimum atomic E-state index is -0.652. The van der Waals surface area contributed by atoms with E-state index < -0.39 is 11.9 Å². The maximum Gasteiger partial charge on any atom is 0.276 e. The summed E-state index contributed by atoms with van der Waals surface area (Å²) >= 11 is 0. The van der Waals surface area contributed by atoms with E-state index in [1.165, 1.54) is 0 Å². The first kappa shape index (κ1) is 13.5. The number of rotatable bonds is 3. The van der Waals surface area contributed by atoms with Crippen molar-refractivity contribution in [2.24, 2.45) is 0 Å². The monoisotopic (exact) mass is 291 g/mol. The molecular formula is C13H14FN5O2. The van der Waals surface area contributed by atoms with Crippen LogP contribution in [0.3, 0.4) is 0 Å². The van der Waals surface area contributed by atoms with Crippen LogP contribution in [-0.2, 0) is 4.74 Å². The largest absolute Gasteiger partial charge is 0.378 e. The van der Waals surface area contributed by atoms with Gasteiger partial charge in [-0.05, 0) is 12.1 Å². The second-order valence-corrected chi connectivity index (χ2v) is 4.56. The molecule has 0 atom stereocenters. The van der Waals surface area contributed by atoms with Crippen molar-refractivity contribution >= 4 is 17.4 Å². The number of aromatic amines is 1. The van der Waals surface area contributed by atoms with Gasteiger partial charge in [-0.3, -0.25) is 9.89 Å². The van der Waals surface area contributed by atoms with Crippen LogP contribution in [0.15, 0.2) is 24.4 Å². The Morgan fingerprint density at radius 1 is 1.38 bits per heavy atom. The number of ether oxygens (including phenoxy) is 1. The maximum absolute atomic E-state index is 12.8. The molecule has 1 aliphatic heterocycles. The molecule has 2 aromatic heterocycles. The summed E-state index contributed by atoms with van der Waals surface area (Å²) in [5.41, 5.74) is 0.519. The molecule has 2 N–H and O–H groups in total. The van der Waals surface area contributed by atoms with Gasteiger partial charge in [0.25, 0.3) is 5.91 Å². The number of aromatic nitrogens is 3. The zero-order valence-corrected chi connectivity index (χ0v) is 11.2. The molecule has 21 heavy (non-hydrogen) atoms. The van der Waals surface area contributed by atoms with Crippen molar-refractivity contribution in [2.45, 2.75) is 0 Å². The molecule has 0 saturated carbocycles. The number of hydrogen-bond acceptors (Lipinski definition) is 5. The lowest BCUT2D eigenvalue weighted by Crippen LogP contribution is -2.36. The highest BCUT2D eigenvalue weighted by atomic mass is 19.1. The zero-order valence-electron chi connectivity index (χ0n) is 11.2. The lowest BCUT2D eigenvalue weighted by atomic mass is 10.3. The van der Waals surface area contributed by atoms with Gasteiger partial charge in [-0.15, -0.1) is 0 Å². The summed E-state index contributed by atoms with van der Waals surface area (Å²) in [6.07, 6.45) is 1.56. The average molecular weight is 291 g/mol. The van der Waals surface area contributed by atoms with Crippen LogP contribution >= 0.6 is 0 Å². The van der Waals surface area contributed by atoms with Crippen molar-refractivity contribution in [3.8, 4) is 0 Å². The Morgan fingerprint density at radius 3 is 2.81 bits per heavy atom. The Morgan fingerprint density at radius 2 is 2.19 bits per heavy atom. The molecule has 3 rings (SSSR count). The molecule has 1 aliphatic rings. The molecule has 7 nitrogen and oxygen atoms in total. The number of pyridine rings is 1. The van der Waals surface area contributed by atoms with Crippen LogP contribution in [0, 0.1) is 5.95 Å². The highest BCUT2D eigenvalue weighted by Gasteiger charge is 2.13. The molecular weight excluding hydrogens is 277 g/mol. The van der Waals surface area contributed by atoms with Crippen LogP contribution < -0.4 is 10.2 Å². The number of nitrogens with zero attached hydrogens (tertiary/aromatic N) is 3. The molecule has 8 heteroatoms. The van der Waals surface area contributed by atoms with Crippen LogP contribution in [0.25, 0.3) is 0 Å². The van der Waals surface area contributed by atoms with E-state index >= 15 is 0 Å². The van der Waals surface area contributed by atoms with Crippen LogP contribution in [0.2, 0.25) is 0 Å². The number of halogens is 1. The predicted octanol–water partition coefficient (Wildman–Crippen LogP) is 1.03. The Bertz CT molecular complexity index is 622. The van der Waals surface area contributed by atoms with E-state index in [4.69, 9.17) is 4.74 Å². The van der Waals surface area contributed by atoms with Gasteiger partial charge in [0, 0.05) is 19.2 Å². The van der Waals surface area contributed by atoms with Gasteiger partial charge in [0.05, 0.1) is 25.1 Å². The molecule has 2 aromatic rings. The number of hydrogen-bond donors (Lipinski definition) is 2. The van der Waals surface area contributed by atoms with Crippen LogP contribution in [0.5, 0.6) is 0 Å². The van der Waals surface area contributed by atoms with Crippen molar-refractivity contribution in [1.82, 2.24) is 15.2 Å². The third-order valence-corrected chi connectivity index (χ3v) is 3.12. The number of morpholine rings is 1. The van der Waals surface area contributed by atoms with Gasteiger partial charge in [0.2, 0.25) is 5.95 Å². The third-order valence-electron chi connectivity index (χ3n) is 3.12. The van der Waals surface area contributed by atoms with Gasteiger partial charge in [0.1, 0.15) is 5.82 Å². The smallest absolute Gasteiger partial charge is 0.276 e. The van der Waals surface area contributed by atoms with Crippen molar-refractivity contribution in [3.63, 3.8) is 0 Å². The Balaban J connectivity index is 1.65. The fourth-order valence-corrected chi connectivity index (χ4v) is 2.05. The standard InChI is InChI=1S/C13H14FN5O2/c14-11-7-10(17-18-11)13(20)16-9-1-2-12(15-8-9)19-3-5-21-6-4-19/h1-2,7-8H,3-6H2,(H,16,20)(H,17,18). The molecule has 0 radical (unpaired) electrons. The molecule has 110 valence electrons. The van der Waals surface area contributed by atoms with Crippen molar-refractivity contribution in [3.05, 3.63) is 36.0 Å². The molecule has 3 heterocycles. The van der Waals surface area contributed by atoms with E-state index in [1.54, 1.807) is 12.3 Å². The molecule has 0 aliphatic carbocycles. The molecule has 0 unspecified atom stereocenters. The van der Waals surface area contributed by atoms with E-state index in [9.17, 15) is 9.18 Å². The first-order valence-electron chi connectivity index (χ1n) is 6.53. The second-order valence-electron chi connectivity index (χ2n) is 4.56. The van der Waals surface area contributed by atoms with E-state index in [-0.39, 0.29) is 5.69 Å². The van der Waals surface area contributed by atoms with E-state index in [1.807, 2.05) is 6.07 Å². The highest BCUT2D eigenvalue weighted by molar-refractivity contribution is 6.02. The van der Waals surface area contributed by atoms with E-state index in [0.717, 1.165) is 25.0 Å². The molecule has 0 bridgehead atoms. The van der Waals surface area contributed by atoms with Gasteiger partial charge >= 0.3 is 0 Å². The van der Waals surface area contributed by atoms with E-state index in [2.05, 4.69) is 25.4 Å². The van der Waals surface area contributed by atoms with Gasteiger partial charge in [-0.2, -0.15) is 9.49 Å². The molecule has 1 fully saturated rings. The summed E-state index contributed by atoms with van der Waals surface area (Å²) in [6.45, 7) is 2.96. The normalized spacial score (nSPS) is 15.0. The minimum Gasteiger partial charge on any atom is -0.378 e. The van der Waals surface area contributed by atoms with Crippen LogP contribution in [0.1, 0.15) is 10.5 Å². The lowest BCUT2D eigenvalue weighted by molar-refractivity contribution is 0.102. The summed E-state index contributed by atoms with van der Waals surface area (Å²) in [4.78, 5) is 18.2. The number of amides is 1. The SMILES string of the molecule is O=C(Nc1ccc(N2CCOCC2)nc1)c1cc(F)[nH]n1. The quantitative estimate of drug-likeness (QED) is 0.882. The summed E-state index contributed by atoms with van der Waals surface area (Å²) in [7, 11) is 0. The molecule has 0 spiro atoms. The summed E-state index contributed by atoms with van der Waals surface area (Å²) in [5, 5.41) is 8.23. The summed E-state index contributed by atoms with van der Waals surface area (Å²) in [5.74, 6) is -0.306. The topological polar surface area (TPSA) is 83.1 Å². The fourth-order valence-electron chi connectivity index (χ4n) is 2.05. The van der Waals surface area contributed by atoms with Gasteiger partial charge in [-0.1, -0.05) is 0 Å². The van der Waals surface area contributed by atoms with Gasteiger partial charge in [0.15, 0.2) is 5.69 Å². The zero-order chi connectivity index (χ0) is 14.7. The van der Waals surface area contributed by atoms with Crippen LogP contribution in [-0.4, -0.2) is 47.4 Å². The number of anilines is 2. The first-order chi connectivity index (χ1) is 10.2. The Hall–Kier alpha value is -2.48. The van der Waals surface area contributed by atoms with E-state index in [0.29, 0.717) is 18.9 Å². The average Bonchev–Trinajstić information content (AvgIpc) is 2.96. The first-order valence-corrected chi connectivity index (χ1v) is 6.53. The summed E-state index contributed by atoms with van der Waals surface area (Å²) < 4.78 is 18.0.